The van der Waals surface area contributed by atoms with Gasteiger partial charge >= 0.3 is 0 Å². The molecule has 4 nitrogen and oxygen atoms in total. The van der Waals surface area contributed by atoms with Crippen LogP contribution in [0.2, 0.25) is 0 Å². The molecule has 1 aromatic heterocycles. The molecule has 1 N–H and O–H groups in total. The average Bonchev–Trinajstić information content (AvgIpc) is 2.53. The molecule has 68 valence electrons. The molecular formula is C8H14N2O2. The summed E-state index contributed by atoms with van der Waals surface area (Å²) < 4.78 is 10.5. The van der Waals surface area contributed by atoms with Gasteiger partial charge in [-0.3, -0.25) is 0 Å². The third-order valence-corrected chi connectivity index (χ3v) is 1.43. The highest BCUT2D eigenvalue weighted by atomic mass is 16.7. The molecule has 0 amide bonds. The fraction of sp³-hybridized carbons (Fsp3) is 0.625. The summed E-state index contributed by atoms with van der Waals surface area (Å²) in [6, 6.07) is 0. The highest BCUT2D eigenvalue weighted by Gasteiger charge is 2.00. The molecule has 0 aliphatic rings. The molecule has 1 aromatic rings. The van der Waals surface area contributed by atoms with Crippen LogP contribution in [0.5, 0.6) is 0 Å². The number of H-pyrrole nitrogens is 1. The number of aromatic amines is 1. The van der Waals surface area contributed by atoms with Crippen molar-refractivity contribution in [2.45, 2.75) is 26.7 Å². The zero-order chi connectivity index (χ0) is 8.81. The molecule has 1 atom stereocenters. The van der Waals surface area contributed by atoms with Gasteiger partial charge in [0.1, 0.15) is 0 Å². The molecule has 1 heterocycles. The summed E-state index contributed by atoms with van der Waals surface area (Å²) >= 11 is 0. The number of ether oxygens (including phenoxy) is 2. The smallest absolute Gasteiger partial charge is 0.155 e. The van der Waals surface area contributed by atoms with Crippen molar-refractivity contribution >= 4 is 0 Å². The predicted molar refractivity (Wildman–Crippen MR) is 44.5 cm³/mol. The van der Waals surface area contributed by atoms with Crippen LogP contribution in [0.1, 0.15) is 19.5 Å². The Morgan fingerprint density at radius 3 is 3.00 bits per heavy atom. The Balaban J connectivity index is 2.17. The largest absolute Gasteiger partial charge is 0.353 e. The first-order valence-electron chi connectivity index (χ1n) is 4.03. The third-order valence-electron chi connectivity index (χ3n) is 1.43. The summed E-state index contributed by atoms with van der Waals surface area (Å²) in [5.74, 6) is 0. The van der Waals surface area contributed by atoms with Crippen LogP contribution in [0, 0.1) is 0 Å². The average molecular weight is 170 g/mol. The van der Waals surface area contributed by atoms with E-state index in [9.17, 15) is 0 Å². The van der Waals surface area contributed by atoms with Crippen LogP contribution in [0.15, 0.2) is 12.5 Å². The van der Waals surface area contributed by atoms with Crippen LogP contribution in [0.4, 0.5) is 0 Å². The second-order valence-electron chi connectivity index (χ2n) is 2.41. The fourth-order valence-electron chi connectivity index (χ4n) is 0.854. The van der Waals surface area contributed by atoms with Gasteiger partial charge in [0, 0.05) is 6.61 Å². The maximum absolute atomic E-state index is 5.33. The second-order valence-corrected chi connectivity index (χ2v) is 2.41. The lowest BCUT2D eigenvalue weighted by molar-refractivity contribution is -0.135. The lowest BCUT2D eigenvalue weighted by Crippen LogP contribution is -2.12. The van der Waals surface area contributed by atoms with E-state index in [2.05, 4.69) is 9.97 Å². The van der Waals surface area contributed by atoms with Gasteiger partial charge in [-0.25, -0.2) is 4.98 Å². The van der Waals surface area contributed by atoms with E-state index in [1.165, 1.54) is 0 Å². The van der Waals surface area contributed by atoms with Gasteiger partial charge in [-0.1, -0.05) is 0 Å². The molecule has 0 saturated carbocycles. The molecule has 0 aliphatic heterocycles. The molecule has 1 rings (SSSR count). The second kappa shape index (κ2) is 4.90. The van der Waals surface area contributed by atoms with Crippen molar-refractivity contribution in [1.82, 2.24) is 9.97 Å². The SMILES string of the molecule is CCOC(C)OCc1cnc[nH]1. The van der Waals surface area contributed by atoms with Crippen LogP contribution < -0.4 is 0 Å². The van der Waals surface area contributed by atoms with Crippen molar-refractivity contribution in [3.8, 4) is 0 Å². The zero-order valence-corrected chi connectivity index (χ0v) is 7.41. The van der Waals surface area contributed by atoms with Crippen LogP contribution in [-0.4, -0.2) is 22.9 Å². The highest BCUT2D eigenvalue weighted by Crippen LogP contribution is 1.99. The maximum Gasteiger partial charge on any atom is 0.155 e. The number of nitrogens with zero attached hydrogens (tertiary/aromatic N) is 1. The quantitative estimate of drug-likeness (QED) is 0.678. The Bertz CT molecular complexity index is 199. The normalized spacial score (nSPS) is 13.2. The van der Waals surface area contributed by atoms with Gasteiger partial charge in [0.05, 0.1) is 24.8 Å². The van der Waals surface area contributed by atoms with E-state index < -0.39 is 0 Å². The predicted octanol–water partition coefficient (Wildman–Crippen LogP) is 1.31. The van der Waals surface area contributed by atoms with Gasteiger partial charge in [0.25, 0.3) is 0 Å². The molecule has 0 spiro atoms. The number of imidazole rings is 1. The van der Waals surface area contributed by atoms with Gasteiger partial charge in [0.15, 0.2) is 6.29 Å². The summed E-state index contributed by atoms with van der Waals surface area (Å²) in [5, 5.41) is 0. The maximum atomic E-state index is 5.33. The highest BCUT2D eigenvalue weighted by molar-refractivity contribution is 4.91. The van der Waals surface area contributed by atoms with Crippen molar-refractivity contribution in [3.63, 3.8) is 0 Å². The molecule has 0 saturated heterocycles. The Morgan fingerprint density at radius 1 is 1.58 bits per heavy atom. The standard InChI is InChI=1S/C8H14N2O2/c1-3-11-7(2)12-5-8-4-9-6-10-8/h4,6-7H,3,5H2,1-2H3,(H,9,10). The zero-order valence-electron chi connectivity index (χ0n) is 7.41. The van der Waals surface area contributed by atoms with Crippen LogP contribution in [0.3, 0.4) is 0 Å². The lowest BCUT2D eigenvalue weighted by atomic mass is 10.5. The van der Waals surface area contributed by atoms with E-state index in [1.54, 1.807) is 12.5 Å². The molecule has 0 aliphatic carbocycles. The fourth-order valence-corrected chi connectivity index (χ4v) is 0.854. The van der Waals surface area contributed by atoms with E-state index in [-0.39, 0.29) is 6.29 Å². The van der Waals surface area contributed by atoms with E-state index in [1.807, 2.05) is 13.8 Å². The van der Waals surface area contributed by atoms with E-state index >= 15 is 0 Å². The summed E-state index contributed by atoms with van der Waals surface area (Å²) in [7, 11) is 0. The molecule has 4 heteroatoms. The van der Waals surface area contributed by atoms with Crippen molar-refractivity contribution in [3.05, 3.63) is 18.2 Å². The molecule has 0 radical (unpaired) electrons. The molecule has 0 aromatic carbocycles. The summed E-state index contributed by atoms with van der Waals surface area (Å²) in [6.07, 6.45) is 3.21. The number of hydrogen-bond donors (Lipinski definition) is 1. The van der Waals surface area contributed by atoms with E-state index in [0.29, 0.717) is 13.2 Å². The number of rotatable bonds is 5. The van der Waals surface area contributed by atoms with Gasteiger partial charge in [-0.05, 0) is 13.8 Å². The Labute approximate surface area is 71.9 Å². The molecule has 1 unspecified atom stereocenters. The van der Waals surface area contributed by atoms with Gasteiger partial charge in [0.2, 0.25) is 0 Å². The topological polar surface area (TPSA) is 47.1 Å². The van der Waals surface area contributed by atoms with Crippen LogP contribution in [-0.2, 0) is 16.1 Å². The lowest BCUT2D eigenvalue weighted by Gasteiger charge is -2.11. The minimum atomic E-state index is -0.154. The van der Waals surface area contributed by atoms with E-state index in [0.717, 1.165) is 5.69 Å². The van der Waals surface area contributed by atoms with Crippen LogP contribution in [0.25, 0.3) is 0 Å². The first-order chi connectivity index (χ1) is 5.83. The van der Waals surface area contributed by atoms with Crippen molar-refractivity contribution < 1.29 is 9.47 Å². The van der Waals surface area contributed by atoms with Gasteiger partial charge < -0.3 is 14.5 Å². The third kappa shape index (κ3) is 3.02. The molecular weight excluding hydrogens is 156 g/mol. The van der Waals surface area contributed by atoms with Crippen molar-refractivity contribution in [2.24, 2.45) is 0 Å². The Kier molecular flexibility index (Phi) is 3.76. The van der Waals surface area contributed by atoms with Crippen molar-refractivity contribution in [2.75, 3.05) is 6.61 Å². The Morgan fingerprint density at radius 2 is 2.42 bits per heavy atom. The number of hydrogen-bond acceptors (Lipinski definition) is 3. The minimum absolute atomic E-state index is 0.154. The summed E-state index contributed by atoms with van der Waals surface area (Å²) in [6.45, 7) is 5.00. The Hall–Kier alpha value is -0.870. The van der Waals surface area contributed by atoms with Gasteiger partial charge in [-0.2, -0.15) is 0 Å². The first kappa shape index (κ1) is 9.22. The van der Waals surface area contributed by atoms with E-state index in [4.69, 9.17) is 9.47 Å². The van der Waals surface area contributed by atoms with Crippen LogP contribution >= 0.6 is 0 Å². The summed E-state index contributed by atoms with van der Waals surface area (Å²) in [5.41, 5.74) is 0.960. The van der Waals surface area contributed by atoms with Gasteiger partial charge in [-0.15, -0.1) is 0 Å². The number of aromatic nitrogens is 2. The minimum Gasteiger partial charge on any atom is -0.353 e. The monoisotopic (exact) mass is 170 g/mol. The summed E-state index contributed by atoms with van der Waals surface area (Å²) in [4.78, 5) is 6.81. The molecule has 0 bridgehead atoms. The van der Waals surface area contributed by atoms with Crippen molar-refractivity contribution in [1.29, 1.82) is 0 Å². The molecule has 12 heavy (non-hydrogen) atoms. The first-order valence-corrected chi connectivity index (χ1v) is 4.03. The number of nitrogens with one attached hydrogen (secondary N) is 1. The molecule has 0 fully saturated rings.